The molecule has 184 valence electrons. The molecule has 4 heteroatoms. The molecular formula is C32H27Br2SZr-5. The molecule has 0 atom stereocenters. The zero-order chi connectivity index (χ0) is 21.9. The maximum atomic E-state index is 3.62. The summed E-state index contributed by atoms with van der Waals surface area (Å²) in [6, 6.07) is 42.3. The second-order valence-corrected chi connectivity index (χ2v) is 9.34. The predicted molar refractivity (Wildman–Crippen MR) is 167 cm³/mol. The van der Waals surface area contributed by atoms with Crippen molar-refractivity contribution in [1.29, 1.82) is 0 Å². The van der Waals surface area contributed by atoms with Gasteiger partial charge in [-0.05, 0) is 8.95 Å². The van der Waals surface area contributed by atoms with Crippen LogP contribution in [0.5, 0.6) is 0 Å². The molecule has 6 aromatic rings. The minimum atomic E-state index is 0. The summed E-state index contributed by atoms with van der Waals surface area (Å²) in [5, 5.41) is 5.17. The molecule has 0 saturated heterocycles. The summed E-state index contributed by atoms with van der Waals surface area (Å²) < 4.78 is 2.32. The molecule has 36 heavy (non-hydrogen) atoms. The van der Waals surface area contributed by atoms with Gasteiger partial charge in [0.05, 0.1) is 0 Å². The SMILES string of the molecule is Brc1cccc2cc[c-](-c3ccccc3)c12.Brc1cccc2cc[c-](-c3ccccc3)c12.[CH3-].[CH3-].[SH-].[Zr]. The maximum absolute atomic E-state index is 3.62. The first kappa shape index (κ1) is 32.3. The molecule has 0 amide bonds. The third-order valence-corrected chi connectivity index (χ3v) is 6.98. The monoisotopic (exact) mass is 691 g/mol. The van der Waals surface area contributed by atoms with Crippen LogP contribution < -0.4 is 0 Å². The van der Waals surface area contributed by atoms with Gasteiger partial charge in [0.2, 0.25) is 0 Å². The fraction of sp³-hybridized carbons (Fsp3) is 0. The first-order valence-corrected chi connectivity index (χ1v) is 12.1. The fourth-order valence-electron chi connectivity index (χ4n) is 4.16. The maximum Gasteiger partial charge on any atom is 0 e. The van der Waals surface area contributed by atoms with E-state index in [1.165, 1.54) is 43.8 Å². The number of halogens is 2. The van der Waals surface area contributed by atoms with E-state index in [9.17, 15) is 0 Å². The van der Waals surface area contributed by atoms with Crippen LogP contribution in [0.3, 0.4) is 0 Å². The van der Waals surface area contributed by atoms with Crippen molar-refractivity contribution in [1.82, 2.24) is 0 Å². The fourth-order valence-corrected chi connectivity index (χ4v) is 5.35. The zero-order valence-corrected chi connectivity index (χ0v) is 26.8. The Morgan fingerprint density at radius 2 is 0.806 bits per heavy atom. The van der Waals surface area contributed by atoms with E-state index in [1.54, 1.807) is 0 Å². The normalized spacial score (nSPS) is 9.61. The van der Waals surface area contributed by atoms with E-state index >= 15 is 0 Å². The molecule has 0 spiro atoms. The van der Waals surface area contributed by atoms with Crippen molar-refractivity contribution in [2.45, 2.75) is 0 Å². The molecule has 0 unspecified atom stereocenters. The van der Waals surface area contributed by atoms with Crippen molar-refractivity contribution in [3.63, 3.8) is 0 Å². The van der Waals surface area contributed by atoms with Crippen molar-refractivity contribution in [2.75, 3.05) is 0 Å². The van der Waals surface area contributed by atoms with Crippen molar-refractivity contribution < 1.29 is 26.2 Å². The average Bonchev–Trinajstić information content (AvgIpc) is 3.47. The summed E-state index contributed by atoms with van der Waals surface area (Å²) in [5.41, 5.74) is 5.12. The minimum Gasteiger partial charge on any atom is -0.813 e. The van der Waals surface area contributed by atoms with Gasteiger partial charge >= 0.3 is 0 Å². The molecule has 0 aliphatic heterocycles. The van der Waals surface area contributed by atoms with E-state index in [0.29, 0.717) is 0 Å². The van der Waals surface area contributed by atoms with Gasteiger partial charge in [-0.1, -0.05) is 137 Å². The van der Waals surface area contributed by atoms with Crippen LogP contribution in [-0.4, -0.2) is 0 Å². The first-order chi connectivity index (χ1) is 15.7. The molecular weight excluding hydrogens is 667 g/mol. The standard InChI is InChI=1S/2C15H10Br.2CH3.H2S.Zr/c2*16-14-8-4-7-12-9-10-13(15(12)14)11-5-2-1-3-6-11;;;;/h2*1-10H;2*1H3;1H2;/q4*-1;;/p-1. The summed E-state index contributed by atoms with van der Waals surface area (Å²) in [5.74, 6) is 0. The van der Waals surface area contributed by atoms with E-state index in [4.69, 9.17) is 0 Å². The van der Waals surface area contributed by atoms with Gasteiger partial charge in [0.1, 0.15) is 0 Å². The van der Waals surface area contributed by atoms with E-state index in [0.717, 1.165) is 8.95 Å². The van der Waals surface area contributed by atoms with Crippen LogP contribution in [0.4, 0.5) is 0 Å². The Hall–Kier alpha value is -1.71. The van der Waals surface area contributed by atoms with Crippen LogP contribution in [0.25, 0.3) is 43.8 Å². The molecule has 0 heterocycles. The van der Waals surface area contributed by atoms with Gasteiger partial charge < -0.3 is 28.3 Å². The number of benzene rings is 4. The number of hydrogen-bond acceptors (Lipinski definition) is 1. The Morgan fingerprint density at radius 3 is 1.17 bits per heavy atom. The van der Waals surface area contributed by atoms with E-state index in [-0.39, 0.29) is 54.6 Å². The molecule has 0 fully saturated rings. The third-order valence-electron chi connectivity index (χ3n) is 5.66. The van der Waals surface area contributed by atoms with Crippen LogP contribution in [0.2, 0.25) is 0 Å². The average molecular weight is 695 g/mol. The van der Waals surface area contributed by atoms with Crippen molar-refractivity contribution in [3.8, 4) is 22.3 Å². The number of rotatable bonds is 2. The molecule has 6 aromatic carbocycles. The number of thiol groups is 1. The summed E-state index contributed by atoms with van der Waals surface area (Å²) in [4.78, 5) is 0. The zero-order valence-electron chi connectivity index (χ0n) is 20.3. The molecule has 0 nitrogen and oxygen atoms in total. The summed E-state index contributed by atoms with van der Waals surface area (Å²) in [6.07, 6.45) is 0. The molecule has 0 radical (unpaired) electrons. The van der Waals surface area contributed by atoms with Gasteiger partial charge in [-0.3, -0.25) is 0 Å². The molecule has 0 bridgehead atoms. The van der Waals surface area contributed by atoms with Gasteiger partial charge in [-0.2, -0.15) is 0 Å². The van der Waals surface area contributed by atoms with E-state index in [1.807, 2.05) is 12.1 Å². The van der Waals surface area contributed by atoms with E-state index in [2.05, 4.69) is 141 Å². The number of hydrogen-bond donors (Lipinski definition) is 0. The van der Waals surface area contributed by atoms with Crippen molar-refractivity contribution in [3.05, 3.63) is 145 Å². The Morgan fingerprint density at radius 1 is 0.444 bits per heavy atom. The predicted octanol–water partition coefficient (Wildman–Crippen LogP) is 10.6. The molecule has 0 saturated carbocycles. The smallest absolute Gasteiger partial charge is 0 e. The molecule has 0 N–H and O–H groups in total. The Kier molecular flexibility index (Phi) is 13.4. The van der Waals surface area contributed by atoms with Crippen molar-refractivity contribution >= 4 is 66.9 Å². The van der Waals surface area contributed by atoms with Crippen LogP contribution in [-0.2, 0) is 39.7 Å². The van der Waals surface area contributed by atoms with Gasteiger partial charge in [0, 0.05) is 26.2 Å². The largest absolute Gasteiger partial charge is 0.813 e. The summed E-state index contributed by atoms with van der Waals surface area (Å²) in [6.45, 7) is 0. The molecule has 0 aromatic heterocycles. The van der Waals surface area contributed by atoms with Crippen LogP contribution >= 0.6 is 31.9 Å². The second kappa shape index (κ2) is 14.9. The van der Waals surface area contributed by atoms with Crippen LogP contribution in [0.1, 0.15) is 0 Å². The second-order valence-electron chi connectivity index (χ2n) is 7.63. The van der Waals surface area contributed by atoms with Crippen LogP contribution in [0.15, 0.2) is 130 Å². The third kappa shape index (κ3) is 6.78. The van der Waals surface area contributed by atoms with Gasteiger partial charge in [0.25, 0.3) is 0 Å². The van der Waals surface area contributed by atoms with Crippen LogP contribution in [0, 0.1) is 14.9 Å². The van der Waals surface area contributed by atoms with Gasteiger partial charge in [-0.15, -0.1) is 59.7 Å². The first-order valence-electron chi connectivity index (χ1n) is 10.5. The van der Waals surface area contributed by atoms with Gasteiger partial charge in [-0.25, -0.2) is 0 Å². The number of fused-ring (bicyclic) bond motifs is 2. The Bertz CT molecular complexity index is 1370. The minimum absolute atomic E-state index is 0. The quantitative estimate of drug-likeness (QED) is 0.0988. The molecule has 6 rings (SSSR count). The van der Waals surface area contributed by atoms with Gasteiger partial charge in [0.15, 0.2) is 0 Å². The van der Waals surface area contributed by atoms with E-state index < -0.39 is 0 Å². The summed E-state index contributed by atoms with van der Waals surface area (Å²) in [7, 11) is 0. The topological polar surface area (TPSA) is 0 Å². The Balaban J connectivity index is 0.000000324. The summed E-state index contributed by atoms with van der Waals surface area (Å²) >= 11 is 7.25. The molecule has 0 aliphatic carbocycles. The Labute approximate surface area is 258 Å². The van der Waals surface area contributed by atoms with Crippen molar-refractivity contribution in [2.24, 2.45) is 0 Å². The molecule has 0 aliphatic rings.